The highest BCUT2D eigenvalue weighted by Gasteiger charge is 2.32. The van der Waals surface area contributed by atoms with Crippen LogP contribution in [0.15, 0.2) is 48.7 Å². The van der Waals surface area contributed by atoms with Crippen molar-refractivity contribution >= 4 is 28.6 Å². The van der Waals surface area contributed by atoms with Crippen LogP contribution in [-0.2, 0) is 14.3 Å². The molecule has 2 heterocycles. The largest absolute Gasteiger partial charge is 0.468 e. The van der Waals surface area contributed by atoms with Gasteiger partial charge in [0.15, 0.2) is 0 Å². The minimum absolute atomic E-state index is 0.00458. The van der Waals surface area contributed by atoms with Gasteiger partial charge in [-0.05, 0) is 49.3 Å². The van der Waals surface area contributed by atoms with Gasteiger partial charge in [-0.1, -0.05) is 30.3 Å². The highest BCUT2D eigenvalue weighted by atomic mass is 16.5. The first-order valence-corrected chi connectivity index (χ1v) is 10.2. The van der Waals surface area contributed by atoms with E-state index in [1.54, 1.807) is 6.20 Å². The van der Waals surface area contributed by atoms with Crippen molar-refractivity contribution in [3.05, 3.63) is 48.7 Å². The maximum atomic E-state index is 12.9. The maximum absolute atomic E-state index is 12.9. The molecule has 1 aliphatic carbocycles. The number of ether oxygens (including phenoxy) is 1. The summed E-state index contributed by atoms with van der Waals surface area (Å²) in [5.41, 5.74) is 9.48. The van der Waals surface area contributed by atoms with Gasteiger partial charge in [-0.3, -0.25) is 9.59 Å². The fourth-order valence-electron chi connectivity index (χ4n) is 4.21. The van der Waals surface area contributed by atoms with Crippen molar-refractivity contribution in [2.45, 2.75) is 31.7 Å². The van der Waals surface area contributed by atoms with Crippen LogP contribution in [0.1, 0.15) is 25.7 Å². The molecule has 1 fully saturated rings. The first-order chi connectivity index (χ1) is 14.6. The number of esters is 1. The molecular formula is C23H26N4O3. The van der Waals surface area contributed by atoms with Crippen LogP contribution in [-0.4, -0.2) is 35.0 Å². The second-order valence-corrected chi connectivity index (χ2v) is 7.82. The van der Waals surface area contributed by atoms with Gasteiger partial charge in [0.2, 0.25) is 5.91 Å². The molecule has 4 N–H and O–H groups in total. The Balaban J connectivity index is 1.45. The number of aromatic nitrogens is 2. The Morgan fingerprint density at radius 1 is 1.17 bits per heavy atom. The van der Waals surface area contributed by atoms with Crippen LogP contribution in [0.2, 0.25) is 0 Å². The third-order valence-electron chi connectivity index (χ3n) is 6.00. The number of carbonyl (C=O) groups is 2. The lowest BCUT2D eigenvalue weighted by Crippen LogP contribution is -2.41. The molecule has 7 nitrogen and oxygen atoms in total. The van der Waals surface area contributed by atoms with Crippen LogP contribution in [0, 0.1) is 11.8 Å². The zero-order valence-corrected chi connectivity index (χ0v) is 16.9. The average molecular weight is 406 g/mol. The number of fused-ring (bicyclic) bond motifs is 1. The molecule has 156 valence electrons. The fraction of sp³-hybridized carbons (Fsp3) is 0.348. The Hall–Kier alpha value is -3.19. The van der Waals surface area contributed by atoms with E-state index in [1.165, 1.54) is 7.11 Å². The average Bonchev–Trinajstić information content (AvgIpc) is 3.24. The van der Waals surface area contributed by atoms with Crippen molar-refractivity contribution in [3.63, 3.8) is 0 Å². The molecule has 30 heavy (non-hydrogen) atoms. The van der Waals surface area contributed by atoms with E-state index in [1.807, 2.05) is 42.5 Å². The highest BCUT2D eigenvalue weighted by molar-refractivity contribution is 6.02. The molecule has 3 aromatic rings. The Kier molecular flexibility index (Phi) is 5.81. The Morgan fingerprint density at radius 3 is 2.60 bits per heavy atom. The van der Waals surface area contributed by atoms with Gasteiger partial charge >= 0.3 is 5.97 Å². The van der Waals surface area contributed by atoms with E-state index >= 15 is 0 Å². The second-order valence-electron chi connectivity index (χ2n) is 7.82. The molecule has 1 aliphatic rings. The number of aromatic amines is 1. The molecule has 0 spiro atoms. The molecule has 1 atom stereocenters. The summed E-state index contributed by atoms with van der Waals surface area (Å²) >= 11 is 0. The van der Waals surface area contributed by atoms with Gasteiger partial charge in [-0.25, -0.2) is 4.98 Å². The number of benzene rings is 1. The number of H-pyrrole nitrogens is 1. The van der Waals surface area contributed by atoms with E-state index in [0.29, 0.717) is 12.8 Å². The summed E-state index contributed by atoms with van der Waals surface area (Å²) < 4.78 is 4.74. The minimum atomic E-state index is -0.616. The molecule has 2 aromatic heterocycles. The van der Waals surface area contributed by atoms with E-state index in [4.69, 9.17) is 10.5 Å². The van der Waals surface area contributed by atoms with Crippen LogP contribution < -0.4 is 11.1 Å². The Bertz CT molecular complexity index is 1040. The van der Waals surface area contributed by atoms with E-state index in [2.05, 4.69) is 15.3 Å². The summed E-state index contributed by atoms with van der Waals surface area (Å²) in [7, 11) is 1.35. The van der Waals surface area contributed by atoms with Gasteiger partial charge < -0.3 is 20.8 Å². The number of methoxy groups -OCH3 is 1. The predicted molar refractivity (Wildman–Crippen MR) is 116 cm³/mol. The van der Waals surface area contributed by atoms with Gasteiger partial charge in [0, 0.05) is 23.2 Å². The number of nitrogens with zero attached hydrogens (tertiary/aromatic N) is 1. The van der Waals surface area contributed by atoms with Gasteiger partial charge in [0.1, 0.15) is 11.7 Å². The maximum Gasteiger partial charge on any atom is 0.322 e. The smallest absolute Gasteiger partial charge is 0.322 e. The van der Waals surface area contributed by atoms with Crippen LogP contribution in [0.4, 0.5) is 5.69 Å². The summed E-state index contributed by atoms with van der Waals surface area (Å²) in [4.78, 5) is 32.3. The third-order valence-corrected chi connectivity index (χ3v) is 6.00. The molecule has 1 saturated carbocycles. The Morgan fingerprint density at radius 2 is 1.90 bits per heavy atom. The molecule has 1 amide bonds. The first-order valence-electron chi connectivity index (χ1n) is 10.2. The minimum Gasteiger partial charge on any atom is -0.468 e. The van der Waals surface area contributed by atoms with E-state index < -0.39 is 6.04 Å². The van der Waals surface area contributed by atoms with Gasteiger partial charge in [0.25, 0.3) is 0 Å². The quantitative estimate of drug-likeness (QED) is 0.562. The highest BCUT2D eigenvalue weighted by Crippen LogP contribution is 2.33. The van der Waals surface area contributed by atoms with Crippen molar-refractivity contribution in [2.24, 2.45) is 17.6 Å². The number of hydrogen-bond donors (Lipinski definition) is 3. The summed E-state index contributed by atoms with van der Waals surface area (Å²) in [6.07, 6.45) is 4.58. The number of anilines is 1. The fourth-order valence-corrected chi connectivity index (χ4v) is 4.21. The van der Waals surface area contributed by atoms with E-state index in [0.717, 1.165) is 40.8 Å². The molecule has 0 bridgehead atoms. The van der Waals surface area contributed by atoms with Crippen molar-refractivity contribution in [3.8, 4) is 11.3 Å². The van der Waals surface area contributed by atoms with Crippen molar-refractivity contribution in [1.29, 1.82) is 0 Å². The van der Waals surface area contributed by atoms with Gasteiger partial charge in [0.05, 0.1) is 12.8 Å². The predicted octanol–water partition coefficient (Wildman–Crippen LogP) is 3.48. The second kappa shape index (κ2) is 8.67. The number of nitrogens with two attached hydrogens (primary N) is 1. The lowest BCUT2D eigenvalue weighted by molar-refractivity contribution is -0.143. The molecule has 4 rings (SSSR count). The lowest BCUT2D eigenvalue weighted by Gasteiger charge is -2.30. The monoisotopic (exact) mass is 406 g/mol. The lowest BCUT2D eigenvalue weighted by atomic mass is 9.78. The van der Waals surface area contributed by atoms with Crippen molar-refractivity contribution < 1.29 is 14.3 Å². The molecular weight excluding hydrogens is 380 g/mol. The number of rotatable bonds is 5. The number of pyridine rings is 1. The standard InChI is InChI=1S/C23H26N4O3/c1-30-23(29)20(24)15-7-9-16(10-8-15)22(28)27-18-11-12-25-21-17(18)13-19(26-21)14-5-3-2-4-6-14/h2-6,11-13,15-16,20H,7-10,24H2,1H3,(H2,25,26,27,28)/t15?,16?,20-/m1/s1. The van der Waals surface area contributed by atoms with Gasteiger partial charge in [-0.2, -0.15) is 0 Å². The summed E-state index contributed by atoms with van der Waals surface area (Å²) in [6, 6.07) is 13.2. The van der Waals surface area contributed by atoms with E-state index in [9.17, 15) is 9.59 Å². The van der Waals surface area contributed by atoms with Crippen LogP contribution in [0.5, 0.6) is 0 Å². The number of carbonyl (C=O) groups excluding carboxylic acids is 2. The number of amides is 1. The molecule has 1 aromatic carbocycles. The van der Waals surface area contributed by atoms with E-state index in [-0.39, 0.29) is 23.7 Å². The SMILES string of the molecule is COC(=O)[C@H](N)C1CCC(C(=O)Nc2ccnc3[nH]c(-c4ccccc4)cc23)CC1. The number of nitrogens with one attached hydrogen (secondary N) is 2. The van der Waals surface area contributed by atoms with Crippen molar-refractivity contribution in [2.75, 3.05) is 12.4 Å². The zero-order valence-electron chi connectivity index (χ0n) is 16.9. The topological polar surface area (TPSA) is 110 Å². The molecule has 0 unspecified atom stereocenters. The van der Waals surface area contributed by atoms with Crippen LogP contribution >= 0.6 is 0 Å². The molecule has 0 aliphatic heterocycles. The Labute approximate surface area is 175 Å². The normalized spacial score (nSPS) is 19.9. The molecule has 7 heteroatoms. The first kappa shape index (κ1) is 20.1. The third kappa shape index (κ3) is 4.07. The van der Waals surface area contributed by atoms with Crippen LogP contribution in [0.3, 0.4) is 0 Å². The van der Waals surface area contributed by atoms with Crippen molar-refractivity contribution in [1.82, 2.24) is 9.97 Å². The summed E-state index contributed by atoms with van der Waals surface area (Å²) in [6.45, 7) is 0. The molecule has 0 saturated heterocycles. The zero-order chi connectivity index (χ0) is 21.1. The molecule has 0 radical (unpaired) electrons. The van der Waals surface area contributed by atoms with Crippen LogP contribution in [0.25, 0.3) is 22.3 Å². The summed E-state index contributed by atoms with van der Waals surface area (Å²) in [5.74, 6) is -0.423. The van der Waals surface area contributed by atoms with Gasteiger partial charge in [-0.15, -0.1) is 0 Å². The summed E-state index contributed by atoms with van der Waals surface area (Å²) in [5, 5.41) is 3.96. The number of hydrogen-bond acceptors (Lipinski definition) is 5.